The zero-order valence-corrected chi connectivity index (χ0v) is 18.8. The third kappa shape index (κ3) is 6.06. The standard InChI is InChI=1S/C18H24N6OS.HI/c1-12(2)15-10-13(25-24-15)11-22-17(19-3)20-8-9-21-18-23-14-6-4-5-7-16(14)26-18;/h4-7,10,12H,8-9,11H2,1-3H3,(H,21,23)(H2,19,20,22);1H. The molecule has 146 valence electrons. The van der Waals surface area contributed by atoms with Crippen molar-refractivity contribution in [1.82, 2.24) is 20.8 Å². The lowest BCUT2D eigenvalue weighted by molar-refractivity contribution is 0.372. The molecule has 0 aliphatic heterocycles. The van der Waals surface area contributed by atoms with Gasteiger partial charge in [0, 0.05) is 26.2 Å². The second-order valence-electron chi connectivity index (χ2n) is 6.14. The lowest BCUT2D eigenvalue weighted by atomic mass is 10.1. The zero-order valence-electron chi connectivity index (χ0n) is 15.7. The summed E-state index contributed by atoms with van der Waals surface area (Å²) in [6.07, 6.45) is 0. The maximum Gasteiger partial charge on any atom is 0.191 e. The number of hydrogen-bond donors (Lipinski definition) is 3. The summed E-state index contributed by atoms with van der Waals surface area (Å²) in [7, 11) is 1.75. The number of hydrogen-bond acceptors (Lipinski definition) is 6. The van der Waals surface area contributed by atoms with Gasteiger partial charge in [-0.15, -0.1) is 24.0 Å². The van der Waals surface area contributed by atoms with Crippen molar-refractivity contribution >= 4 is 56.6 Å². The van der Waals surface area contributed by atoms with Gasteiger partial charge in [-0.2, -0.15) is 0 Å². The van der Waals surface area contributed by atoms with Gasteiger partial charge in [0.15, 0.2) is 16.9 Å². The summed E-state index contributed by atoms with van der Waals surface area (Å²) in [6, 6.07) is 10.1. The van der Waals surface area contributed by atoms with Gasteiger partial charge in [0.2, 0.25) is 0 Å². The van der Waals surface area contributed by atoms with Crippen molar-refractivity contribution < 1.29 is 4.52 Å². The number of fused-ring (bicyclic) bond motifs is 1. The molecule has 27 heavy (non-hydrogen) atoms. The summed E-state index contributed by atoms with van der Waals surface area (Å²) in [5, 5.41) is 14.8. The molecule has 7 nitrogen and oxygen atoms in total. The average Bonchev–Trinajstić information content (AvgIpc) is 3.27. The van der Waals surface area contributed by atoms with Gasteiger partial charge in [0.1, 0.15) is 0 Å². The van der Waals surface area contributed by atoms with E-state index in [1.807, 2.05) is 24.3 Å². The molecular weight excluding hydrogens is 475 g/mol. The normalized spacial score (nSPS) is 11.5. The largest absolute Gasteiger partial charge is 0.360 e. The van der Waals surface area contributed by atoms with Crippen LogP contribution in [0.3, 0.4) is 0 Å². The van der Waals surface area contributed by atoms with Crippen LogP contribution in [0.1, 0.15) is 31.2 Å². The Balaban J connectivity index is 0.00000261. The van der Waals surface area contributed by atoms with Gasteiger partial charge in [0.25, 0.3) is 0 Å². The van der Waals surface area contributed by atoms with E-state index >= 15 is 0 Å². The van der Waals surface area contributed by atoms with Crippen LogP contribution in [0.15, 0.2) is 39.8 Å². The minimum Gasteiger partial charge on any atom is -0.360 e. The van der Waals surface area contributed by atoms with Gasteiger partial charge in [0.05, 0.1) is 22.5 Å². The smallest absolute Gasteiger partial charge is 0.191 e. The molecule has 3 aromatic rings. The zero-order chi connectivity index (χ0) is 18.4. The molecule has 0 bridgehead atoms. The second-order valence-corrected chi connectivity index (χ2v) is 7.17. The number of benzene rings is 1. The SMILES string of the molecule is CN=C(NCCNc1nc2ccccc2s1)NCc1cc(C(C)C)no1.I. The molecule has 0 saturated heterocycles. The molecule has 0 unspecified atom stereocenters. The fourth-order valence-electron chi connectivity index (χ4n) is 2.37. The van der Waals surface area contributed by atoms with E-state index in [4.69, 9.17) is 4.52 Å². The van der Waals surface area contributed by atoms with Crippen LogP contribution < -0.4 is 16.0 Å². The van der Waals surface area contributed by atoms with Crippen LogP contribution in [-0.2, 0) is 6.54 Å². The van der Waals surface area contributed by atoms with Gasteiger partial charge in [-0.1, -0.05) is 42.5 Å². The van der Waals surface area contributed by atoms with Gasteiger partial charge in [-0.25, -0.2) is 4.98 Å². The highest BCUT2D eigenvalue weighted by atomic mass is 127. The van der Waals surface area contributed by atoms with E-state index in [-0.39, 0.29) is 24.0 Å². The van der Waals surface area contributed by atoms with Gasteiger partial charge in [-0.3, -0.25) is 4.99 Å². The predicted molar refractivity (Wildman–Crippen MR) is 122 cm³/mol. The van der Waals surface area contributed by atoms with Crippen LogP contribution in [0.4, 0.5) is 5.13 Å². The van der Waals surface area contributed by atoms with E-state index in [0.29, 0.717) is 12.5 Å². The van der Waals surface area contributed by atoms with E-state index in [2.05, 4.69) is 51.0 Å². The van der Waals surface area contributed by atoms with Crippen LogP contribution in [0.2, 0.25) is 0 Å². The number of nitrogens with one attached hydrogen (secondary N) is 3. The Morgan fingerprint density at radius 2 is 2.04 bits per heavy atom. The Bertz CT molecular complexity index is 842. The Kier molecular flexibility index (Phi) is 8.29. The van der Waals surface area contributed by atoms with Crippen molar-refractivity contribution in [2.24, 2.45) is 4.99 Å². The maximum atomic E-state index is 5.32. The van der Waals surface area contributed by atoms with Crippen LogP contribution >= 0.6 is 35.3 Å². The van der Waals surface area contributed by atoms with Gasteiger partial charge in [-0.05, 0) is 18.1 Å². The fourth-order valence-corrected chi connectivity index (χ4v) is 3.27. The second kappa shape index (κ2) is 10.5. The molecule has 0 atom stereocenters. The number of guanidine groups is 1. The Hall–Kier alpha value is -1.88. The molecule has 1 aromatic carbocycles. The lowest BCUT2D eigenvalue weighted by Gasteiger charge is -2.10. The van der Waals surface area contributed by atoms with E-state index in [0.717, 1.165) is 41.2 Å². The molecule has 9 heteroatoms. The number of rotatable bonds is 7. The molecule has 2 heterocycles. The molecule has 0 aliphatic carbocycles. The molecule has 0 fully saturated rings. The van der Waals surface area contributed by atoms with Crippen LogP contribution in [0.5, 0.6) is 0 Å². The highest BCUT2D eigenvalue weighted by Crippen LogP contribution is 2.24. The van der Waals surface area contributed by atoms with Crippen molar-refractivity contribution in [3.8, 4) is 0 Å². The summed E-state index contributed by atoms with van der Waals surface area (Å²) in [5.74, 6) is 1.88. The van der Waals surface area contributed by atoms with Crippen molar-refractivity contribution in [1.29, 1.82) is 0 Å². The van der Waals surface area contributed by atoms with Crippen molar-refractivity contribution in [3.05, 3.63) is 41.8 Å². The topological polar surface area (TPSA) is 87.4 Å². The summed E-state index contributed by atoms with van der Waals surface area (Å²) in [4.78, 5) is 8.77. The van der Waals surface area contributed by atoms with Crippen molar-refractivity contribution in [2.45, 2.75) is 26.3 Å². The number of thiazole rings is 1. The number of aliphatic imine (C=N–C) groups is 1. The van der Waals surface area contributed by atoms with Gasteiger partial charge < -0.3 is 20.5 Å². The van der Waals surface area contributed by atoms with E-state index in [1.54, 1.807) is 18.4 Å². The molecule has 2 aromatic heterocycles. The maximum absolute atomic E-state index is 5.32. The molecule has 0 aliphatic rings. The fraction of sp³-hybridized carbons (Fsp3) is 0.389. The highest BCUT2D eigenvalue weighted by molar-refractivity contribution is 14.0. The van der Waals surface area contributed by atoms with E-state index in [9.17, 15) is 0 Å². The summed E-state index contributed by atoms with van der Waals surface area (Å²) >= 11 is 1.66. The quantitative estimate of drug-likeness (QED) is 0.198. The van der Waals surface area contributed by atoms with Gasteiger partial charge >= 0.3 is 0 Å². The number of halogens is 1. The lowest BCUT2D eigenvalue weighted by Crippen LogP contribution is -2.39. The average molecular weight is 500 g/mol. The first-order valence-corrected chi connectivity index (χ1v) is 9.47. The Labute approximate surface area is 180 Å². The highest BCUT2D eigenvalue weighted by Gasteiger charge is 2.08. The van der Waals surface area contributed by atoms with Crippen LogP contribution in [0, 0.1) is 0 Å². The minimum absolute atomic E-state index is 0. The molecule has 0 spiro atoms. The van der Waals surface area contributed by atoms with E-state index < -0.39 is 0 Å². The first-order valence-electron chi connectivity index (χ1n) is 8.65. The summed E-state index contributed by atoms with van der Waals surface area (Å²) in [5.41, 5.74) is 1.99. The number of para-hydroxylation sites is 1. The minimum atomic E-state index is 0. The predicted octanol–water partition coefficient (Wildman–Crippen LogP) is 3.80. The number of aromatic nitrogens is 2. The Morgan fingerprint density at radius 3 is 2.74 bits per heavy atom. The van der Waals surface area contributed by atoms with Crippen LogP contribution in [-0.4, -0.2) is 36.2 Å². The number of anilines is 1. The molecule has 0 saturated carbocycles. The molecule has 3 N–H and O–H groups in total. The number of nitrogens with zero attached hydrogens (tertiary/aromatic N) is 3. The summed E-state index contributed by atoms with van der Waals surface area (Å²) < 4.78 is 6.51. The first-order chi connectivity index (χ1) is 12.7. The van der Waals surface area contributed by atoms with E-state index in [1.165, 1.54) is 4.70 Å². The summed E-state index contributed by atoms with van der Waals surface area (Å²) in [6.45, 7) is 6.20. The third-order valence-corrected chi connectivity index (χ3v) is 4.80. The first kappa shape index (κ1) is 21.4. The molecule has 0 amide bonds. The van der Waals surface area contributed by atoms with Crippen LogP contribution in [0.25, 0.3) is 10.2 Å². The molecular formula is C18H25IN6OS. The Morgan fingerprint density at radius 1 is 1.22 bits per heavy atom. The molecule has 0 radical (unpaired) electrons. The molecule has 3 rings (SSSR count). The van der Waals surface area contributed by atoms with Crippen molar-refractivity contribution in [2.75, 3.05) is 25.5 Å². The third-order valence-electron chi connectivity index (χ3n) is 3.81. The monoisotopic (exact) mass is 500 g/mol. The van der Waals surface area contributed by atoms with Crippen molar-refractivity contribution in [3.63, 3.8) is 0 Å².